The van der Waals surface area contributed by atoms with Gasteiger partial charge in [-0.25, -0.2) is 4.98 Å². The summed E-state index contributed by atoms with van der Waals surface area (Å²) in [6.45, 7) is 2.06. The summed E-state index contributed by atoms with van der Waals surface area (Å²) >= 11 is 3.35. The van der Waals surface area contributed by atoms with Gasteiger partial charge in [0.15, 0.2) is 5.16 Å². The molecule has 0 unspecified atom stereocenters. The zero-order valence-corrected chi connectivity index (χ0v) is 18.0. The maximum Gasteiger partial charge on any atom is 0.262 e. The normalized spacial score (nSPS) is 12.2. The molecule has 5 heteroatoms. The van der Waals surface area contributed by atoms with Crippen molar-refractivity contribution in [2.24, 2.45) is 0 Å². The Morgan fingerprint density at radius 1 is 0.931 bits per heavy atom. The van der Waals surface area contributed by atoms with E-state index in [4.69, 9.17) is 4.98 Å². The molecule has 0 fully saturated rings. The maximum absolute atomic E-state index is 13.4. The van der Waals surface area contributed by atoms with Crippen LogP contribution in [0, 0.1) is 0 Å². The fourth-order valence-corrected chi connectivity index (χ4v) is 4.76. The molecule has 0 aliphatic rings. The molecule has 146 valence electrons. The second kappa shape index (κ2) is 8.89. The number of hydrogen-bond donors (Lipinski definition) is 0. The molecule has 0 saturated carbocycles. The van der Waals surface area contributed by atoms with E-state index in [-0.39, 0.29) is 11.6 Å². The van der Waals surface area contributed by atoms with Gasteiger partial charge < -0.3 is 0 Å². The van der Waals surface area contributed by atoms with Crippen molar-refractivity contribution in [3.8, 4) is 0 Å². The summed E-state index contributed by atoms with van der Waals surface area (Å²) in [5.41, 5.74) is 3.06. The van der Waals surface area contributed by atoms with E-state index < -0.39 is 0 Å². The molecule has 4 aromatic rings. The topological polar surface area (TPSA) is 34.9 Å². The van der Waals surface area contributed by atoms with Crippen LogP contribution in [0.5, 0.6) is 0 Å². The van der Waals surface area contributed by atoms with E-state index in [0.29, 0.717) is 5.39 Å². The summed E-state index contributed by atoms with van der Waals surface area (Å²) in [4.78, 5) is 19.5. The highest BCUT2D eigenvalue weighted by Crippen LogP contribution is 2.27. The van der Waals surface area contributed by atoms with Gasteiger partial charge in [-0.15, -0.1) is 11.8 Å². The third-order valence-corrected chi connectivity index (χ3v) is 6.74. The highest BCUT2D eigenvalue weighted by atomic mass is 32.2. The van der Waals surface area contributed by atoms with Crippen molar-refractivity contribution in [3.63, 3.8) is 0 Å². The van der Waals surface area contributed by atoms with Crippen LogP contribution >= 0.6 is 23.5 Å². The van der Waals surface area contributed by atoms with E-state index in [1.807, 2.05) is 47.0 Å². The van der Waals surface area contributed by atoms with Gasteiger partial charge >= 0.3 is 0 Å². The van der Waals surface area contributed by atoms with Crippen molar-refractivity contribution in [3.05, 3.63) is 100 Å². The second-order valence-electron chi connectivity index (χ2n) is 6.81. The quantitative estimate of drug-likeness (QED) is 0.283. The molecule has 1 atom stereocenters. The second-order valence-corrected chi connectivity index (χ2v) is 8.63. The largest absolute Gasteiger partial charge is 0.280 e. The number of nitrogens with zero attached hydrogens (tertiary/aromatic N) is 2. The van der Waals surface area contributed by atoms with Crippen molar-refractivity contribution in [1.82, 2.24) is 9.55 Å². The fraction of sp³-hybridized carbons (Fsp3) is 0.167. The highest BCUT2D eigenvalue weighted by molar-refractivity contribution is 7.98. The van der Waals surface area contributed by atoms with E-state index in [1.54, 1.807) is 23.5 Å². The molecular weight excluding hydrogens is 396 g/mol. The lowest BCUT2D eigenvalue weighted by Crippen LogP contribution is -2.27. The molecule has 0 amide bonds. The summed E-state index contributed by atoms with van der Waals surface area (Å²) in [6, 6.07) is 26.2. The Labute approximate surface area is 179 Å². The molecule has 1 aromatic heterocycles. The minimum Gasteiger partial charge on any atom is -0.280 e. The summed E-state index contributed by atoms with van der Waals surface area (Å²) < 4.78 is 1.83. The van der Waals surface area contributed by atoms with Crippen LogP contribution in [0.1, 0.15) is 24.1 Å². The van der Waals surface area contributed by atoms with Gasteiger partial charge in [-0.2, -0.15) is 0 Å². The average Bonchev–Trinajstić information content (AvgIpc) is 2.78. The number of benzene rings is 3. The van der Waals surface area contributed by atoms with Crippen LogP contribution in [0.3, 0.4) is 0 Å². The van der Waals surface area contributed by atoms with Crippen LogP contribution in [-0.4, -0.2) is 15.8 Å². The van der Waals surface area contributed by atoms with Crippen LogP contribution in [-0.2, 0) is 5.75 Å². The molecule has 0 radical (unpaired) electrons. The first-order chi connectivity index (χ1) is 14.2. The Kier molecular flexibility index (Phi) is 6.07. The lowest BCUT2D eigenvalue weighted by atomic mass is 10.1. The first-order valence-electron chi connectivity index (χ1n) is 9.49. The lowest BCUT2D eigenvalue weighted by molar-refractivity contribution is 0.548. The Balaban J connectivity index is 1.75. The maximum atomic E-state index is 13.4. The fourth-order valence-electron chi connectivity index (χ4n) is 3.32. The molecule has 4 rings (SSSR count). The number of rotatable bonds is 6. The SMILES string of the molecule is CSc1ccc(CSc2nc3ccccc3c(=O)n2[C@H](C)c2ccccc2)cc1. The van der Waals surface area contributed by atoms with Crippen molar-refractivity contribution in [1.29, 1.82) is 0 Å². The Morgan fingerprint density at radius 3 is 2.34 bits per heavy atom. The van der Waals surface area contributed by atoms with E-state index in [2.05, 4.69) is 49.6 Å². The Morgan fingerprint density at radius 2 is 1.62 bits per heavy atom. The van der Waals surface area contributed by atoms with Gasteiger partial charge in [-0.3, -0.25) is 9.36 Å². The molecule has 29 heavy (non-hydrogen) atoms. The monoisotopic (exact) mass is 418 g/mol. The standard InChI is InChI=1S/C24H22N2OS2/c1-17(19-8-4-3-5-9-19)26-23(27)21-10-6-7-11-22(21)25-24(26)29-16-18-12-14-20(28-2)15-13-18/h3-15,17H,16H2,1-2H3/t17-/m1/s1. The van der Waals surface area contributed by atoms with Crippen LogP contribution in [0.25, 0.3) is 10.9 Å². The van der Waals surface area contributed by atoms with E-state index in [9.17, 15) is 4.79 Å². The molecular formula is C24H22N2OS2. The molecule has 0 saturated heterocycles. The van der Waals surface area contributed by atoms with Crippen LogP contribution in [0.15, 0.2) is 93.7 Å². The molecule has 0 N–H and O–H groups in total. The number of aromatic nitrogens is 2. The van der Waals surface area contributed by atoms with Crippen molar-refractivity contribution in [2.75, 3.05) is 6.26 Å². The molecule has 0 aliphatic heterocycles. The summed E-state index contributed by atoms with van der Waals surface area (Å²) in [5, 5.41) is 1.41. The summed E-state index contributed by atoms with van der Waals surface area (Å²) in [6.07, 6.45) is 2.08. The van der Waals surface area contributed by atoms with Gasteiger partial charge in [0.1, 0.15) is 0 Å². The summed E-state index contributed by atoms with van der Waals surface area (Å²) in [5.74, 6) is 0.765. The molecule has 0 bridgehead atoms. The predicted octanol–water partition coefficient (Wildman–Crippen LogP) is 6.02. The summed E-state index contributed by atoms with van der Waals surface area (Å²) in [7, 11) is 0. The minimum absolute atomic E-state index is 0.00665. The smallest absolute Gasteiger partial charge is 0.262 e. The van der Waals surface area contributed by atoms with E-state index >= 15 is 0 Å². The van der Waals surface area contributed by atoms with Gasteiger partial charge in [-0.05, 0) is 48.6 Å². The van der Waals surface area contributed by atoms with E-state index in [1.165, 1.54) is 10.5 Å². The van der Waals surface area contributed by atoms with Crippen LogP contribution in [0.2, 0.25) is 0 Å². The van der Waals surface area contributed by atoms with Gasteiger partial charge in [-0.1, -0.05) is 66.4 Å². The molecule has 0 spiro atoms. The van der Waals surface area contributed by atoms with Gasteiger partial charge in [0.25, 0.3) is 5.56 Å². The molecule has 3 aromatic carbocycles. The van der Waals surface area contributed by atoms with Gasteiger partial charge in [0.05, 0.1) is 16.9 Å². The van der Waals surface area contributed by atoms with Crippen LogP contribution < -0.4 is 5.56 Å². The number of thioether (sulfide) groups is 2. The lowest BCUT2D eigenvalue weighted by Gasteiger charge is -2.20. The van der Waals surface area contributed by atoms with Crippen LogP contribution in [0.4, 0.5) is 0 Å². The van der Waals surface area contributed by atoms with Crippen molar-refractivity contribution >= 4 is 34.4 Å². The highest BCUT2D eigenvalue weighted by Gasteiger charge is 2.18. The van der Waals surface area contributed by atoms with Gasteiger partial charge in [0, 0.05) is 10.6 Å². The first kappa shape index (κ1) is 19.8. The zero-order chi connectivity index (χ0) is 20.2. The van der Waals surface area contributed by atoms with E-state index in [0.717, 1.165) is 22.0 Å². The first-order valence-corrected chi connectivity index (χ1v) is 11.7. The predicted molar refractivity (Wildman–Crippen MR) is 124 cm³/mol. The third kappa shape index (κ3) is 4.26. The number of hydrogen-bond acceptors (Lipinski definition) is 4. The number of fused-ring (bicyclic) bond motifs is 1. The zero-order valence-electron chi connectivity index (χ0n) is 16.4. The minimum atomic E-state index is -0.0952. The van der Waals surface area contributed by atoms with Gasteiger partial charge in [0.2, 0.25) is 0 Å². The van der Waals surface area contributed by atoms with Crippen molar-refractivity contribution in [2.45, 2.75) is 28.8 Å². The number of para-hydroxylation sites is 1. The Bertz CT molecular complexity index is 1170. The third-order valence-electron chi connectivity index (χ3n) is 4.97. The van der Waals surface area contributed by atoms with Crippen molar-refractivity contribution < 1.29 is 0 Å². The molecule has 3 nitrogen and oxygen atoms in total. The molecule has 1 heterocycles. The molecule has 0 aliphatic carbocycles. The average molecular weight is 419 g/mol. The Hall–Kier alpha value is -2.50.